The van der Waals surface area contributed by atoms with Crippen molar-refractivity contribution in [3.05, 3.63) is 87.0 Å². The Morgan fingerprint density at radius 3 is 2.66 bits per heavy atom. The molecular weight excluding hydrogens is 402 g/mol. The molecule has 146 valence electrons. The van der Waals surface area contributed by atoms with Gasteiger partial charge in [-0.25, -0.2) is 4.99 Å². The number of halogens is 1. The second kappa shape index (κ2) is 7.93. The van der Waals surface area contributed by atoms with Crippen molar-refractivity contribution in [2.75, 3.05) is 0 Å². The van der Waals surface area contributed by atoms with Crippen LogP contribution in [-0.2, 0) is 4.79 Å². The van der Waals surface area contributed by atoms with E-state index in [1.165, 1.54) is 17.3 Å². The Bertz CT molecular complexity index is 1180. The number of nitrogens with one attached hydrogen (secondary N) is 1. The molecule has 0 bridgehead atoms. The zero-order chi connectivity index (χ0) is 20.5. The Hall–Kier alpha value is -2.76. The van der Waals surface area contributed by atoms with E-state index in [0.717, 1.165) is 28.2 Å². The highest BCUT2D eigenvalue weighted by molar-refractivity contribution is 8.18. The number of hydrogen-bond acceptors (Lipinski definition) is 3. The molecule has 3 aromatic rings. The molecule has 4 nitrogen and oxygen atoms in total. The van der Waals surface area contributed by atoms with Gasteiger partial charge in [-0.1, -0.05) is 35.4 Å². The van der Waals surface area contributed by atoms with Crippen molar-refractivity contribution >= 4 is 46.2 Å². The number of aryl methyl sites for hydroxylation is 3. The number of rotatable bonds is 3. The van der Waals surface area contributed by atoms with Crippen molar-refractivity contribution in [3.8, 4) is 5.69 Å². The molecule has 1 fully saturated rings. The Kier molecular flexibility index (Phi) is 5.35. The third-order valence-corrected chi connectivity index (χ3v) is 6.04. The first kappa shape index (κ1) is 19.6. The average molecular weight is 422 g/mol. The van der Waals surface area contributed by atoms with Gasteiger partial charge in [0, 0.05) is 22.6 Å². The summed E-state index contributed by atoms with van der Waals surface area (Å²) in [6.45, 7) is 6.04. The topological polar surface area (TPSA) is 46.4 Å². The van der Waals surface area contributed by atoms with Crippen LogP contribution in [0.4, 0.5) is 5.69 Å². The van der Waals surface area contributed by atoms with Gasteiger partial charge in [0.15, 0.2) is 5.17 Å². The van der Waals surface area contributed by atoms with Crippen LogP contribution < -0.4 is 5.32 Å². The highest BCUT2D eigenvalue weighted by Crippen LogP contribution is 2.30. The summed E-state index contributed by atoms with van der Waals surface area (Å²) < 4.78 is 2.01. The summed E-state index contributed by atoms with van der Waals surface area (Å²) in [5, 5.41) is 4.16. The molecule has 0 atom stereocenters. The van der Waals surface area contributed by atoms with Crippen LogP contribution in [0.5, 0.6) is 0 Å². The number of amidine groups is 1. The lowest BCUT2D eigenvalue weighted by Crippen LogP contribution is -2.19. The van der Waals surface area contributed by atoms with Gasteiger partial charge in [0.2, 0.25) is 0 Å². The predicted molar refractivity (Wildman–Crippen MR) is 122 cm³/mol. The molecule has 1 aromatic heterocycles. The zero-order valence-electron chi connectivity index (χ0n) is 16.4. The fourth-order valence-electron chi connectivity index (χ4n) is 3.13. The maximum absolute atomic E-state index is 12.5. The van der Waals surface area contributed by atoms with Crippen LogP contribution in [0.25, 0.3) is 11.8 Å². The molecule has 1 saturated heterocycles. The van der Waals surface area contributed by atoms with Gasteiger partial charge < -0.3 is 9.88 Å². The molecule has 2 heterocycles. The number of hydrogen-bond donors (Lipinski definition) is 1. The monoisotopic (exact) mass is 421 g/mol. The number of nitrogens with zero attached hydrogens (tertiary/aromatic N) is 2. The van der Waals surface area contributed by atoms with Gasteiger partial charge in [0.25, 0.3) is 5.91 Å². The lowest BCUT2D eigenvalue weighted by molar-refractivity contribution is -0.115. The SMILES string of the molecule is Cc1ccc(N=C2NC(=O)/C(=C/c3cccn3-c3ccc(C)c(Cl)c3)S2)c(C)c1. The van der Waals surface area contributed by atoms with E-state index in [9.17, 15) is 4.79 Å². The molecule has 4 rings (SSSR count). The van der Waals surface area contributed by atoms with E-state index in [0.29, 0.717) is 15.1 Å². The fraction of sp³-hybridized carbons (Fsp3) is 0.130. The first-order valence-corrected chi connectivity index (χ1v) is 10.4. The molecule has 29 heavy (non-hydrogen) atoms. The molecule has 6 heteroatoms. The Morgan fingerprint density at radius 1 is 1.07 bits per heavy atom. The number of aliphatic imine (C=N–C) groups is 1. The van der Waals surface area contributed by atoms with Gasteiger partial charge in [-0.05, 0) is 80.1 Å². The Morgan fingerprint density at radius 2 is 1.90 bits per heavy atom. The first-order valence-electron chi connectivity index (χ1n) is 9.21. The summed E-state index contributed by atoms with van der Waals surface area (Å²) >= 11 is 7.63. The smallest absolute Gasteiger partial charge is 0.264 e. The van der Waals surface area contributed by atoms with Crippen LogP contribution in [0.3, 0.4) is 0 Å². The van der Waals surface area contributed by atoms with Gasteiger partial charge in [-0.3, -0.25) is 4.79 Å². The van der Waals surface area contributed by atoms with Gasteiger partial charge in [0.05, 0.1) is 10.6 Å². The van der Waals surface area contributed by atoms with Crippen LogP contribution >= 0.6 is 23.4 Å². The predicted octanol–water partition coefficient (Wildman–Crippen LogP) is 5.95. The fourth-order valence-corrected chi connectivity index (χ4v) is 4.13. The van der Waals surface area contributed by atoms with Crippen LogP contribution in [0.2, 0.25) is 5.02 Å². The van der Waals surface area contributed by atoms with Crippen molar-refractivity contribution in [3.63, 3.8) is 0 Å². The summed E-state index contributed by atoms with van der Waals surface area (Å²) in [6, 6.07) is 15.9. The summed E-state index contributed by atoms with van der Waals surface area (Å²) in [6.07, 6.45) is 3.83. The van der Waals surface area contributed by atoms with E-state index in [1.807, 2.05) is 80.1 Å². The Balaban J connectivity index is 1.63. The molecule has 0 radical (unpaired) electrons. The number of benzene rings is 2. The maximum atomic E-state index is 12.5. The van der Waals surface area contributed by atoms with Gasteiger partial charge in [0.1, 0.15) is 0 Å². The number of aromatic nitrogens is 1. The zero-order valence-corrected chi connectivity index (χ0v) is 17.9. The number of amides is 1. The number of carbonyl (C=O) groups is 1. The molecule has 0 unspecified atom stereocenters. The molecule has 0 aliphatic carbocycles. The van der Waals surface area contributed by atoms with Crippen molar-refractivity contribution in [2.24, 2.45) is 4.99 Å². The molecule has 1 amide bonds. The van der Waals surface area contributed by atoms with E-state index in [2.05, 4.69) is 16.4 Å². The van der Waals surface area contributed by atoms with Gasteiger partial charge in [-0.2, -0.15) is 0 Å². The molecule has 1 aliphatic heterocycles. The molecule has 1 aliphatic rings. The van der Waals surface area contributed by atoms with Crippen LogP contribution in [0.15, 0.2) is 64.6 Å². The molecule has 0 spiro atoms. The van der Waals surface area contributed by atoms with Crippen LogP contribution in [-0.4, -0.2) is 15.6 Å². The normalized spacial score (nSPS) is 16.6. The second-order valence-corrected chi connectivity index (χ2v) is 8.45. The van der Waals surface area contributed by atoms with Crippen molar-refractivity contribution in [1.82, 2.24) is 9.88 Å². The minimum Gasteiger partial charge on any atom is -0.317 e. The van der Waals surface area contributed by atoms with Gasteiger partial charge >= 0.3 is 0 Å². The summed E-state index contributed by atoms with van der Waals surface area (Å²) in [5.74, 6) is -0.145. The molecule has 1 N–H and O–H groups in total. The van der Waals surface area contributed by atoms with Crippen LogP contribution in [0.1, 0.15) is 22.4 Å². The van der Waals surface area contributed by atoms with E-state index < -0.39 is 0 Å². The molecule has 0 saturated carbocycles. The second-order valence-electron chi connectivity index (χ2n) is 7.01. The standard InChI is InChI=1S/C23H20ClN3OS/c1-14-6-9-20(16(3)11-14)25-23-26-22(28)21(29-23)13-17-5-4-10-27(17)18-8-7-15(2)19(24)12-18/h4-13H,1-3H3,(H,25,26,28)/b21-13-. The largest absolute Gasteiger partial charge is 0.317 e. The third kappa shape index (κ3) is 4.16. The molecule has 2 aromatic carbocycles. The maximum Gasteiger partial charge on any atom is 0.264 e. The minimum absolute atomic E-state index is 0.145. The summed E-state index contributed by atoms with van der Waals surface area (Å²) in [7, 11) is 0. The highest BCUT2D eigenvalue weighted by atomic mass is 35.5. The Labute approximate surface area is 179 Å². The molecular formula is C23H20ClN3OS. The van der Waals surface area contributed by atoms with E-state index in [-0.39, 0.29) is 5.91 Å². The highest BCUT2D eigenvalue weighted by Gasteiger charge is 2.24. The van der Waals surface area contributed by atoms with Crippen molar-refractivity contribution in [1.29, 1.82) is 0 Å². The summed E-state index contributed by atoms with van der Waals surface area (Å²) in [5.41, 5.74) is 6.00. The van der Waals surface area contributed by atoms with Gasteiger partial charge in [-0.15, -0.1) is 0 Å². The van der Waals surface area contributed by atoms with E-state index in [1.54, 1.807) is 0 Å². The lowest BCUT2D eigenvalue weighted by atomic mass is 10.1. The van der Waals surface area contributed by atoms with E-state index in [4.69, 9.17) is 11.6 Å². The quantitative estimate of drug-likeness (QED) is 0.531. The van der Waals surface area contributed by atoms with Crippen molar-refractivity contribution < 1.29 is 4.79 Å². The first-order chi connectivity index (χ1) is 13.9. The minimum atomic E-state index is -0.145. The van der Waals surface area contributed by atoms with Crippen LogP contribution in [0, 0.1) is 20.8 Å². The number of carbonyl (C=O) groups excluding carboxylic acids is 1. The van der Waals surface area contributed by atoms with Crippen molar-refractivity contribution in [2.45, 2.75) is 20.8 Å². The summed E-state index contributed by atoms with van der Waals surface area (Å²) in [4.78, 5) is 17.7. The van der Waals surface area contributed by atoms with E-state index >= 15 is 0 Å². The third-order valence-electron chi connectivity index (χ3n) is 4.72. The lowest BCUT2D eigenvalue weighted by Gasteiger charge is -2.08. The average Bonchev–Trinajstić information content (AvgIpc) is 3.27. The number of thioether (sulfide) groups is 1.